The van der Waals surface area contributed by atoms with Crippen LogP contribution in [0.2, 0.25) is 0 Å². The van der Waals surface area contributed by atoms with Gasteiger partial charge in [-0.2, -0.15) is 0 Å². The molecule has 0 aliphatic heterocycles. The molecule has 11 nitrogen and oxygen atoms in total. The molecule has 3 aliphatic rings. The van der Waals surface area contributed by atoms with Gasteiger partial charge in [-0.05, 0) is 83.6 Å². The fourth-order valence-corrected chi connectivity index (χ4v) is 9.03. The van der Waals surface area contributed by atoms with Gasteiger partial charge in [0.05, 0.1) is 14.8 Å². The second-order valence-electron chi connectivity index (χ2n) is 12.5. The molecule has 3 aliphatic carbocycles. The Morgan fingerprint density at radius 3 is 2.37 bits per heavy atom. The number of urea groups is 1. The number of amides is 3. The molecule has 13 heteroatoms. The molecule has 2 aromatic heterocycles. The Hall–Kier alpha value is -3.55. The lowest BCUT2D eigenvalue weighted by atomic mass is 9.57. The number of carbonyl (C=O) groups is 2. The number of aromatic nitrogens is 2. The van der Waals surface area contributed by atoms with Crippen molar-refractivity contribution in [1.82, 2.24) is 25.3 Å². The summed E-state index contributed by atoms with van der Waals surface area (Å²) in [5, 5.41) is 18.5. The van der Waals surface area contributed by atoms with Gasteiger partial charge in [0.1, 0.15) is 0 Å². The molecule has 3 saturated carbocycles. The van der Waals surface area contributed by atoms with E-state index in [0.717, 1.165) is 54.1 Å². The quantitative estimate of drug-likeness (QED) is 0.216. The van der Waals surface area contributed by atoms with Gasteiger partial charge >= 0.3 is 12.1 Å². The van der Waals surface area contributed by atoms with Crippen LogP contribution in [0.25, 0.3) is 10.4 Å². The minimum Gasteiger partial charge on any atom is -0.465 e. The van der Waals surface area contributed by atoms with Crippen LogP contribution < -0.4 is 20.7 Å². The first-order chi connectivity index (χ1) is 20.3. The minimum absolute atomic E-state index is 0.0541. The van der Waals surface area contributed by atoms with E-state index in [9.17, 15) is 23.1 Å². The second kappa shape index (κ2) is 11.9. The van der Waals surface area contributed by atoms with Crippen molar-refractivity contribution < 1.29 is 23.1 Å². The molecule has 3 amide bonds. The van der Waals surface area contributed by atoms with E-state index < -0.39 is 27.7 Å². The molecular formula is C30H38N6O5S2. The van der Waals surface area contributed by atoms with Gasteiger partial charge in [0.15, 0.2) is 0 Å². The van der Waals surface area contributed by atoms with E-state index in [1.165, 1.54) is 17.4 Å². The molecule has 1 aromatic carbocycles. The van der Waals surface area contributed by atoms with E-state index in [2.05, 4.69) is 25.7 Å². The van der Waals surface area contributed by atoms with E-state index >= 15 is 0 Å². The van der Waals surface area contributed by atoms with Crippen molar-refractivity contribution in [2.45, 2.75) is 87.1 Å². The Morgan fingerprint density at radius 2 is 1.74 bits per heavy atom. The number of rotatable bonds is 9. The zero-order valence-corrected chi connectivity index (χ0v) is 26.2. The summed E-state index contributed by atoms with van der Waals surface area (Å²) in [6.07, 6.45) is 7.76. The van der Waals surface area contributed by atoms with Crippen molar-refractivity contribution in [2.75, 3.05) is 11.9 Å². The summed E-state index contributed by atoms with van der Waals surface area (Å²) in [6.45, 7) is 5.70. The maximum absolute atomic E-state index is 13.6. The van der Waals surface area contributed by atoms with Crippen LogP contribution in [0.4, 0.5) is 15.3 Å². The van der Waals surface area contributed by atoms with E-state index in [1.54, 1.807) is 45.3 Å². The molecule has 6 rings (SSSR count). The third-order valence-electron chi connectivity index (χ3n) is 8.21. The summed E-state index contributed by atoms with van der Waals surface area (Å²) in [5.74, 6) is 0. The van der Waals surface area contributed by atoms with Gasteiger partial charge in [0.2, 0.25) is 10.0 Å². The largest absolute Gasteiger partial charge is 0.465 e. The number of nitrogens with zero attached hydrogens (tertiary/aromatic N) is 2. The van der Waals surface area contributed by atoms with Crippen molar-refractivity contribution >= 4 is 39.2 Å². The second-order valence-corrected chi connectivity index (χ2v) is 15.2. The van der Waals surface area contributed by atoms with Crippen molar-refractivity contribution in [1.29, 1.82) is 0 Å². The van der Waals surface area contributed by atoms with Crippen LogP contribution in [-0.2, 0) is 21.9 Å². The fourth-order valence-electron chi connectivity index (χ4n) is 6.07. The Bertz CT molecular complexity index is 1580. The number of anilines is 1. The molecular weight excluding hydrogens is 589 g/mol. The van der Waals surface area contributed by atoms with Crippen LogP contribution in [-0.4, -0.2) is 53.2 Å². The maximum Gasteiger partial charge on any atom is 0.405 e. The number of thiazole rings is 1. The minimum atomic E-state index is -3.97. The number of nitrogens with one attached hydrogen (secondary N) is 4. The fraction of sp³-hybridized carbons (Fsp3) is 0.467. The number of benzene rings is 1. The summed E-state index contributed by atoms with van der Waals surface area (Å²) in [7, 11) is -3.97. The van der Waals surface area contributed by atoms with Crippen molar-refractivity contribution in [3.05, 3.63) is 59.5 Å². The lowest BCUT2D eigenvalue weighted by Crippen LogP contribution is -2.57. The van der Waals surface area contributed by atoms with Gasteiger partial charge in [-0.3, -0.25) is 4.98 Å². The van der Waals surface area contributed by atoms with Gasteiger partial charge in [-0.1, -0.05) is 12.1 Å². The average Bonchev–Trinajstić information content (AvgIpc) is 3.44. The summed E-state index contributed by atoms with van der Waals surface area (Å²) in [6, 6.07) is 10.0. The molecule has 3 fully saturated rings. The molecule has 0 radical (unpaired) electrons. The summed E-state index contributed by atoms with van der Waals surface area (Å²) in [4.78, 5) is 33.8. The Balaban J connectivity index is 1.37. The summed E-state index contributed by atoms with van der Waals surface area (Å²) in [5.41, 5.74) is 0.490. The lowest BCUT2D eigenvalue weighted by molar-refractivity contribution is 0.0746. The summed E-state index contributed by atoms with van der Waals surface area (Å²) >= 11 is 1.48. The van der Waals surface area contributed by atoms with Crippen LogP contribution in [0.5, 0.6) is 0 Å². The standard InChI is InChI=1S/C30H38N6O5S2/c1-28(2,3)36-43(40,41)24-18-21(34-26(37)32-17-9-20-6-4-5-16-31-20)7-8-22(24)23-19-33-25(42-23)29-10-13-30(14-11-29,15-12-29)35-27(38)39/h4-8,16,18-19,35-36H,9-15,17H2,1-3H3,(H,38,39)(H2,32,34,37). The number of carboxylic acid groups (broad SMARTS) is 1. The van der Waals surface area contributed by atoms with Crippen LogP contribution >= 0.6 is 11.3 Å². The zero-order valence-electron chi connectivity index (χ0n) is 24.6. The molecule has 5 N–H and O–H groups in total. The van der Waals surface area contributed by atoms with E-state index in [-0.39, 0.29) is 15.8 Å². The topological polar surface area (TPSA) is 162 Å². The Labute approximate surface area is 256 Å². The van der Waals surface area contributed by atoms with E-state index in [1.807, 2.05) is 18.2 Å². The molecule has 3 aromatic rings. The molecule has 0 spiro atoms. The van der Waals surface area contributed by atoms with Gasteiger partial charge in [-0.15, -0.1) is 11.3 Å². The maximum atomic E-state index is 13.6. The highest BCUT2D eigenvalue weighted by Crippen LogP contribution is 2.55. The first-order valence-corrected chi connectivity index (χ1v) is 16.7. The van der Waals surface area contributed by atoms with Crippen LogP contribution in [0, 0.1) is 0 Å². The molecule has 0 saturated heterocycles. The number of carbonyl (C=O) groups excluding carboxylic acids is 1. The van der Waals surface area contributed by atoms with Crippen molar-refractivity contribution in [3.63, 3.8) is 0 Å². The molecule has 0 atom stereocenters. The zero-order chi connectivity index (χ0) is 30.9. The van der Waals surface area contributed by atoms with Crippen LogP contribution in [0.3, 0.4) is 0 Å². The molecule has 2 bridgehead atoms. The van der Waals surface area contributed by atoms with Gasteiger partial charge in [0.25, 0.3) is 0 Å². The first-order valence-electron chi connectivity index (χ1n) is 14.4. The number of hydrogen-bond donors (Lipinski definition) is 5. The third-order valence-corrected chi connectivity index (χ3v) is 11.3. The SMILES string of the molecule is CC(C)(C)NS(=O)(=O)c1cc(NC(=O)NCCc2ccccn2)ccc1-c1cnc(C23CCC(NC(=O)O)(CC2)CC3)s1. The molecule has 2 heterocycles. The van der Waals surface area contributed by atoms with Crippen LogP contribution in [0.1, 0.15) is 70.0 Å². The number of hydrogen-bond acceptors (Lipinski definition) is 7. The molecule has 230 valence electrons. The Kier molecular flexibility index (Phi) is 8.52. The number of sulfonamides is 1. The monoisotopic (exact) mass is 626 g/mol. The van der Waals surface area contributed by atoms with E-state index in [4.69, 9.17) is 4.98 Å². The highest BCUT2D eigenvalue weighted by atomic mass is 32.2. The van der Waals surface area contributed by atoms with Crippen molar-refractivity contribution in [2.24, 2.45) is 0 Å². The molecule has 43 heavy (non-hydrogen) atoms. The normalized spacial score (nSPS) is 21.7. The average molecular weight is 627 g/mol. The molecule has 0 unspecified atom stereocenters. The van der Waals surface area contributed by atoms with Crippen LogP contribution in [0.15, 0.2) is 53.7 Å². The first kappa shape index (κ1) is 30.9. The lowest BCUT2D eigenvalue weighted by Gasteiger charge is -2.52. The Morgan fingerprint density at radius 1 is 1.02 bits per heavy atom. The summed E-state index contributed by atoms with van der Waals surface area (Å²) < 4.78 is 30.0. The van der Waals surface area contributed by atoms with Gasteiger partial charge < -0.3 is 21.1 Å². The van der Waals surface area contributed by atoms with E-state index in [0.29, 0.717) is 24.2 Å². The number of pyridine rings is 1. The smallest absolute Gasteiger partial charge is 0.405 e. The highest BCUT2D eigenvalue weighted by molar-refractivity contribution is 7.89. The third kappa shape index (κ3) is 7.16. The predicted octanol–water partition coefficient (Wildman–Crippen LogP) is 5.26. The van der Waals surface area contributed by atoms with Gasteiger partial charge in [0, 0.05) is 58.8 Å². The highest BCUT2D eigenvalue weighted by Gasteiger charge is 2.51. The van der Waals surface area contributed by atoms with Crippen molar-refractivity contribution in [3.8, 4) is 10.4 Å². The number of fused-ring (bicyclic) bond motifs is 3. The van der Waals surface area contributed by atoms with Gasteiger partial charge in [-0.25, -0.2) is 27.7 Å². The predicted molar refractivity (Wildman–Crippen MR) is 166 cm³/mol.